The molecule has 6 heteroatoms. The Morgan fingerprint density at radius 3 is 2.83 bits per heavy atom. The Morgan fingerprint density at radius 1 is 1.17 bits per heavy atom. The van der Waals surface area contributed by atoms with Gasteiger partial charge in [0, 0.05) is 46.7 Å². The van der Waals surface area contributed by atoms with Gasteiger partial charge in [0.05, 0.1) is 10.7 Å². The first kappa shape index (κ1) is 15.4. The maximum Gasteiger partial charge on any atom is 0.322 e. The summed E-state index contributed by atoms with van der Waals surface area (Å²) in [6.45, 7) is 1.24. The van der Waals surface area contributed by atoms with Crippen molar-refractivity contribution >= 4 is 45.8 Å². The molecule has 1 aliphatic rings. The van der Waals surface area contributed by atoms with E-state index in [0.29, 0.717) is 28.8 Å². The second kappa shape index (κ2) is 6.04. The highest BCUT2D eigenvalue weighted by Gasteiger charge is 2.24. The third kappa shape index (κ3) is 2.72. The molecule has 3 aromatic rings. The molecule has 2 N–H and O–H groups in total. The Morgan fingerprint density at radius 2 is 2.00 bits per heavy atom. The fourth-order valence-electron chi connectivity index (χ4n) is 3.12. The van der Waals surface area contributed by atoms with Crippen LogP contribution in [-0.4, -0.2) is 22.5 Å². The first-order valence-electron chi connectivity index (χ1n) is 7.71. The predicted molar refractivity (Wildman–Crippen MR) is 97.9 cm³/mol. The normalized spacial score (nSPS) is 13.8. The molecule has 2 heterocycles. The number of urea groups is 1. The lowest BCUT2D eigenvalue weighted by molar-refractivity contribution is 0.206. The highest BCUT2D eigenvalue weighted by molar-refractivity contribution is 6.36. The number of fused-ring (bicyclic) bond motifs is 3. The second-order valence-electron chi connectivity index (χ2n) is 5.85. The van der Waals surface area contributed by atoms with Gasteiger partial charge in [-0.05, 0) is 24.3 Å². The van der Waals surface area contributed by atoms with Crippen LogP contribution >= 0.6 is 23.2 Å². The average Bonchev–Trinajstić information content (AvgIpc) is 2.95. The standard InChI is InChI=1S/C18H15Cl2N3O/c19-11-5-6-17(14(20)9-11)22-18(24)23-8-7-16-13(10-23)12-3-1-2-4-15(12)21-16/h1-6,9,21H,7-8,10H2,(H,22,24). The van der Waals surface area contributed by atoms with Crippen molar-refractivity contribution in [3.63, 3.8) is 0 Å². The summed E-state index contributed by atoms with van der Waals surface area (Å²) in [5.74, 6) is 0. The monoisotopic (exact) mass is 359 g/mol. The van der Waals surface area contributed by atoms with E-state index >= 15 is 0 Å². The van der Waals surface area contributed by atoms with Crippen molar-refractivity contribution in [3.8, 4) is 0 Å². The summed E-state index contributed by atoms with van der Waals surface area (Å²) < 4.78 is 0. The number of nitrogens with zero attached hydrogens (tertiary/aromatic N) is 1. The molecule has 0 aliphatic carbocycles. The van der Waals surface area contributed by atoms with Gasteiger partial charge >= 0.3 is 6.03 Å². The smallest absolute Gasteiger partial charge is 0.322 e. The Hall–Kier alpha value is -2.17. The van der Waals surface area contributed by atoms with Crippen LogP contribution in [0, 0.1) is 0 Å². The van der Waals surface area contributed by atoms with E-state index in [9.17, 15) is 4.79 Å². The zero-order valence-electron chi connectivity index (χ0n) is 12.8. The van der Waals surface area contributed by atoms with Gasteiger partial charge in [-0.25, -0.2) is 4.79 Å². The number of carbonyl (C=O) groups is 1. The molecule has 0 atom stereocenters. The molecule has 0 bridgehead atoms. The first-order valence-corrected chi connectivity index (χ1v) is 8.47. The number of nitrogens with one attached hydrogen (secondary N) is 2. The van der Waals surface area contributed by atoms with Crippen LogP contribution in [0.25, 0.3) is 10.9 Å². The third-order valence-electron chi connectivity index (χ3n) is 4.34. The van der Waals surface area contributed by atoms with Gasteiger partial charge in [-0.3, -0.25) is 0 Å². The molecule has 122 valence electrons. The molecule has 0 spiro atoms. The molecule has 24 heavy (non-hydrogen) atoms. The Bertz CT molecular complexity index is 935. The minimum atomic E-state index is -0.157. The Balaban J connectivity index is 1.56. The van der Waals surface area contributed by atoms with Gasteiger partial charge in [0.2, 0.25) is 0 Å². The quantitative estimate of drug-likeness (QED) is 0.626. The largest absolute Gasteiger partial charge is 0.358 e. The molecule has 2 amide bonds. The van der Waals surface area contributed by atoms with E-state index in [2.05, 4.69) is 22.4 Å². The van der Waals surface area contributed by atoms with Crippen LogP contribution in [0.1, 0.15) is 11.3 Å². The fourth-order valence-corrected chi connectivity index (χ4v) is 3.58. The number of amides is 2. The van der Waals surface area contributed by atoms with Crippen LogP contribution in [0.2, 0.25) is 10.0 Å². The number of hydrogen-bond donors (Lipinski definition) is 2. The van der Waals surface area contributed by atoms with Crippen LogP contribution in [0.5, 0.6) is 0 Å². The molecule has 1 aliphatic heterocycles. The number of H-pyrrole nitrogens is 1. The summed E-state index contributed by atoms with van der Waals surface area (Å²) in [6.07, 6.45) is 0.811. The molecular weight excluding hydrogens is 345 g/mol. The third-order valence-corrected chi connectivity index (χ3v) is 4.89. The summed E-state index contributed by atoms with van der Waals surface area (Å²) in [4.78, 5) is 17.8. The lowest BCUT2D eigenvalue weighted by atomic mass is 10.0. The van der Waals surface area contributed by atoms with Gasteiger partial charge in [-0.2, -0.15) is 0 Å². The van der Waals surface area contributed by atoms with E-state index in [1.165, 1.54) is 16.6 Å². The Labute approximate surface area is 149 Å². The number of benzene rings is 2. The second-order valence-corrected chi connectivity index (χ2v) is 6.70. The number of rotatable bonds is 1. The van der Waals surface area contributed by atoms with E-state index in [1.54, 1.807) is 23.1 Å². The Kier molecular flexibility index (Phi) is 3.87. The number of para-hydroxylation sites is 1. The van der Waals surface area contributed by atoms with Gasteiger partial charge in [-0.1, -0.05) is 41.4 Å². The van der Waals surface area contributed by atoms with Crippen molar-refractivity contribution in [3.05, 3.63) is 63.8 Å². The average molecular weight is 360 g/mol. The topological polar surface area (TPSA) is 48.1 Å². The maximum atomic E-state index is 12.6. The minimum Gasteiger partial charge on any atom is -0.358 e. The predicted octanol–water partition coefficient (Wildman–Crippen LogP) is 5.06. The van der Waals surface area contributed by atoms with Crippen LogP contribution in [0.15, 0.2) is 42.5 Å². The zero-order chi connectivity index (χ0) is 16.7. The number of carbonyl (C=O) groups excluding carboxylic acids is 1. The molecule has 4 rings (SSSR count). The molecule has 0 fully saturated rings. The van der Waals surface area contributed by atoms with Gasteiger partial charge in [0.15, 0.2) is 0 Å². The highest BCUT2D eigenvalue weighted by atomic mass is 35.5. The van der Waals surface area contributed by atoms with Crippen molar-refractivity contribution < 1.29 is 4.79 Å². The summed E-state index contributed by atoms with van der Waals surface area (Å²) in [7, 11) is 0. The van der Waals surface area contributed by atoms with E-state index in [1.807, 2.05) is 12.1 Å². The van der Waals surface area contributed by atoms with Gasteiger partial charge in [-0.15, -0.1) is 0 Å². The molecule has 0 saturated heterocycles. The van der Waals surface area contributed by atoms with Crippen LogP contribution in [0.4, 0.5) is 10.5 Å². The molecular formula is C18H15Cl2N3O. The summed E-state index contributed by atoms with van der Waals surface area (Å²) >= 11 is 12.0. The van der Waals surface area contributed by atoms with Crippen LogP contribution in [-0.2, 0) is 13.0 Å². The molecule has 0 saturated carbocycles. The lowest BCUT2D eigenvalue weighted by Crippen LogP contribution is -2.38. The van der Waals surface area contributed by atoms with Crippen LogP contribution in [0.3, 0.4) is 0 Å². The first-order chi connectivity index (χ1) is 11.6. The SMILES string of the molecule is O=C(Nc1ccc(Cl)cc1Cl)N1CCc2[nH]c3ccccc3c2C1. The van der Waals surface area contributed by atoms with Crippen molar-refractivity contribution in [2.24, 2.45) is 0 Å². The molecule has 1 aromatic heterocycles. The number of hydrogen-bond acceptors (Lipinski definition) is 1. The summed E-state index contributed by atoms with van der Waals surface area (Å²) in [5, 5.41) is 5.01. The van der Waals surface area contributed by atoms with E-state index in [-0.39, 0.29) is 6.03 Å². The number of halogens is 2. The van der Waals surface area contributed by atoms with Gasteiger partial charge in [0.25, 0.3) is 0 Å². The number of aromatic amines is 1. The zero-order valence-corrected chi connectivity index (χ0v) is 14.3. The molecule has 0 unspecified atom stereocenters. The molecule has 0 radical (unpaired) electrons. The van der Waals surface area contributed by atoms with Crippen molar-refractivity contribution in [1.29, 1.82) is 0 Å². The lowest BCUT2D eigenvalue weighted by Gasteiger charge is -2.27. The molecule has 2 aromatic carbocycles. The number of aromatic nitrogens is 1. The maximum absolute atomic E-state index is 12.6. The van der Waals surface area contributed by atoms with Gasteiger partial charge in [0.1, 0.15) is 0 Å². The molecule has 4 nitrogen and oxygen atoms in total. The summed E-state index contributed by atoms with van der Waals surface area (Å²) in [6, 6.07) is 13.1. The van der Waals surface area contributed by atoms with Crippen LogP contribution < -0.4 is 5.32 Å². The van der Waals surface area contributed by atoms with Crippen molar-refractivity contribution in [2.45, 2.75) is 13.0 Å². The minimum absolute atomic E-state index is 0.157. The van der Waals surface area contributed by atoms with Crippen molar-refractivity contribution in [2.75, 3.05) is 11.9 Å². The van der Waals surface area contributed by atoms with E-state index in [0.717, 1.165) is 11.9 Å². The number of anilines is 1. The highest BCUT2D eigenvalue weighted by Crippen LogP contribution is 2.29. The fraction of sp³-hybridized carbons (Fsp3) is 0.167. The van der Waals surface area contributed by atoms with Crippen molar-refractivity contribution in [1.82, 2.24) is 9.88 Å². The van der Waals surface area contributed by atoms with Gasteiger partial charge < -0.3 is 15.2 Å². The van der Waals surface area contributed by atoms with E-state index < -0.39 is 0 Å². The summed E-state index contributed by atoms with van der Waals surface area (Å²) in [5.41, 5.74) is 4.08. The van der Waals surface area contributed by atoms with E-state index in [4.69, 9.17) is 23.2 Å².